The molecule has 0 amide bonds. The number of hydrogen-bond donors (Lipinski definition) is 1. The lowest BCUT2D eigenvalue weighted by atomic mass is 10.2. The number of nitrogens with one attached hydrogen (secondary N) is 1. The summed E-state index contributed by atoms with van der Waals surface area (Å²) in [6.45, 7) is 1.70. The molecule has 0 aliphatic carbocycles. The molecule has 4 heteroatoms. The van der Waals surface area contributed by atoms with Crippen LogP contribution in [0.1, 0.15) is 11.3 Å². The summed E-state index contributed by atoms with van der Waals surface area (Å²) >= 11 is 0. The van der Waals surface area contributed by atoms with E-state index in [1.165, 1.54) is 5.56 Å². The van der Waals surface area contributed by atoms with Gasteiger partial charge in [-0.25, -0.2) is 0 Å². The van der Waals surface area contributed by atoms with Crippen LogP contribution < -0.4 is 5.32 Å². The third-order valence-electron chi connectivity index (χ3n) is 2.20. The van der Waals surface area contributed by atoms with Gasteiger partial charge in [-0.2, -0.15) is 0 Å². The highest BCUT2D eigenvalue weighted by Crippen LogP contribution is 1.98. The lowest BCUT2D eigenvalue weighted by molar-refractivity contribution is 0.680. The van der Waals surface area contributed by atoms with Gasteiger partial charge in [0, 0.05) is 19.3 Å². The first-order chi connectivity index (χ1) is 7.45. The molecule has 1 N–H and O–H groups in total. The molecule has 0 saturated heterocycles. The Labute approximate surface area is 114 Å². The first-order valence-corrected chi connectivity index (χ1v) is 5.10. The number of halogens is 2. The molecule has 1 aromatic carbocycles. The van der Waals surface area contributed by atoms with Crippen LogP contribution in [0.25, 0.3) is 0 Å². The van der Waals surface area contributed by atoms with E-state index in [4.69, 9.17) is 0 Å². The third-order valence-corrected chi connectivity index (χ3v) is 2.20. The van der Waals surface area contributed by atoms with E-state index in [-0.39, 0.29) is 24.8 Å². The summed E-state index contributed by atoms with van der Waals surface area (Å²) in [6, 6.07) is 16.3. The number of rotatable bonds is 4. The lowest BCUT2D eigenvalue weighted by Crippen LogP contribution is -2.13. The normalized spacial score (nSPS) is 8.94. The topological polar surface area (TPSA) is 24.9 Å². The summed E-state index contributed by atoms with van der Waals surface area (Å²) in [6.07, 6.45) is 1.82. The van der Waals surface area contributed by atoms with E-state index >= 15 is 0 Å². The largest absolute Gasteiger partial charge is 0.307 e. The van der Waals surface area contributed by atoms with E-state index in [2.05, 4.69) is 34.6 Å². The van der Waals surface area contributed by atoms with Crippen molar-refractivity contribution in [3.63, 3.8) is 0 Å². The Kier molecular flexibility index (Phi) is 8.42. The number of nitrogens with zero attached hydrogens (tertiary/aromatic N) is 1. The van der Waals surface area contributed by atoms with Crippen molar-refractivity contribution >= 4 is 24.8 Å². The van der Waals surface area contributed by atoms with Gasteiger partial charge >= 0.3 is 0 Å². The Balaban J connectivity index is 0.00000128. The Morgan fingerprint density at radius 2 is 1.53 bits per heavy atom. The van der Waals surface area contributed by atoms with Gasteiger partial charge in [-0.05, 0) is 17.7 Å². The maximum Gasteiger partial charge on any atom is 0.0541 e. The monoisotopic (exact) mass is 270 g/mol. The molecule has 1 aromatic heterocycles. The number of benzene rings is 1. The molecule has 0 saturated carbocycles. The molecule has 0 aliphatic rings. The Morgan fingerprint density at radius 1 is 0.824 bits per heavy atom. The van der Waals surface area contributed by atoms with E-state index in [0.717, 1.165) is 18.8 Å². The summed E-state index contributed by atoms with van der Waals surface area (Å²) in [5, 5.41) is 3.36. The van der Waals surface area contributed by atoms with Gasteiger partial charge in [0.15, 0.2) is 0 Å². The second-order valence-electron chi connectivity index (χ2n) is 3.41. The van der Waals surface area contributed by atoms with Gasteiger partial charge in [-0.15, -0.1) is 24.8 Å². The molecular formula is C13H16Cl2N2. The minimum atomic E-state index is 0. The minimum Gasteiger partial charge on any atom is -0.307 e. The predicted molar refractivity (Wildman–Crippen MR) is 75.7 cm³/mol. The highest BCUT2D eigenvalue weighted by molar-refractivity contribution is 5.85. The first kappa shape index (κ1) is 15.9. The third kappa shape index (κ3) is 5.68. The van der Waals surface area contributed by atoms with Crippen molar-refractivity contribution in [1.82, 2.24) is 10.3 Å². The van der Waals surface area contributed by atoms with Crippen molar-refractivity contribution in [3.8, 4) is 0 Å². The molecule has 17 heavy (non-hydrogen) atoms. The van der Waals surface area contributed by atoms with Gasteiger partial charge in [0.2, 0.25) is 0 Å². The van der Waals surface area contributed by atoms with Gasteiger partial charge < -0.3 is 5.32 Å². The van der Waals surface area contributed by atoms with Crippen LogP contribution in [0.15, 0.2) is 54.7 Å². The van der Waals surface area contributed by atoms with Gasteiger partial charge in [-0.1, -0.05) is 36.4 Å². The van der Waals surface area contributed by atoms with Crippen molar-refractivity contribution < 1.29 is 0 Å². The molecule has 2 aromatic rings. The molecule has 0 atom stereocenters. The fourth-order valence-corrected chi connectivity index (χ4v) is 1.43. The van der Waals surface area contributed by atoms with Crippen molar-refractivity contribution in [1.29, 1.82) is 0 Å². The standard InChI is InChI=1S/C13H14N2.2ClH/c1-2-6-12(7-3-1)10-14-11-13-8-4-5-9-15-13;;/h1-9,14H,10-11H2;2*1H. The van der Waals surface area contributed by atoms with Crippen LogP contribution in [-0.2, 0) is 13.1 Å². The fraction of sp³-hybridized carbons (Fsp3) is 0.154. The summed E-state index contributed by atoms with van der Waals surface area (Å²) in [4.78, 5) is 4.25. The average molecular weight is 271 g/mol. The maximum absolute atomic E-state index is 4.25. The van der Waals surface area contributed by atoms with Crippen LogP contribution in [0.2, 0.25) is 0 Å². The van der Waals surface area contributed by atoms with Crippen molar-refractivity contribution in [2.75, 3.05) is 0 Å². The van der Waals surface area contributed by atoms with Gasteiger partial charge in [-0.3, -0.25) is 4.98 Å². The van der Waals surface area contributed by atoms with E-state index < -0.39 is 0 Å². The molecule has 92 valence electrons. The molecule has 0 aliphatic heterocycles. The van der Waals surface area contributed by atoms with Gasteiger partial charge in [0.25, 0.3) is 0 Å². The average Bonchev–Trinajstić information content (AvgIpc) is 2.32. The highest BCUT2D eigenvalue weighted by Gasteiger charge is 1.93. The fourth-order valence-electron chi connectivity index (χ4n) is 1.43. The van der Waals surface area contributed by atoms with E-state index in [9.17, 15) is 0 Å². The molecule has 2 rings (SSSR count). The summed E-state index contributed by atoms with van der Waals surface area (Å²) in [5.74, 6) is 0. The smallest absolute Gasteiger partial charge is 0.0541 e. The van der Waals surface area contributed by atoms with E-state index in [1.807, 2.05) is 30.5 Å². The van der Waals surface area contributed by atoms with Gasteiger partial charge in [0.05, 0.1) is 5.69 Å². The predicted octanol–water partition coefficient (Wildman–Crippen LogP) is 3.22. The summed E-state index contributed by atoms with van der Waals surface area (Å²) in [7, 11) is 0. The van der Waals surface area contributed by atoms with Crippen LogP contribution in [0.3, 0.4) is 0 Å². The summed E-state index contributed by atoms with van der Waals surface area (Å²) in [5.41, 5.74) is 2.38. The van der Waals surface area contributed by atoms with Gasteiger partial charge in [0.1, 0.15) is 0 Å². The number of aromatic nitrogens is 1. The zero-order valence-corrected chi connectivity index (χ0v) is 11.0. The molecule has 0 unspecified atom stereocenters. The zero-order chi connectivity index (χ0) is 10.3. The molecule has 0 radical (unpaired) electrons. The van der Waals surface area contributed by atoms with E-state index in [0.29, 0.717) is 0 Å². The maximum atomic E-state index is 4.25. The first-order valence-electron chi connectivity index (χ1n) is 5.10. The molecule has 0 fully saturated rings. The second kappa shape index (κ2) is 8.99. The van der Waals surface area contributed by atoms with Crippen LogP contribution in [0, 0.1) is 0 Å². The second-order valence-corrected chi connectivity index (χ2v) is 3.41. The number of hydrogen-bond acceptors (Lipinski definition) is 2. The quantitative estimate of drug-likeness (QED) is 0.923. The Hall–Kier alpha value is -1.09. The molecule has 0 bridgehead atoms. The molecule has 0 spiro atoms. The highest BCUT2D eigenvalue weighted by atomic mass is 35.5. The zero-order valence-electron chi connectivity index (χ0n) is 9.37. The molecular weight excluding hydrogens is 255 g/mol. The van der Waals surface area contributed by atoms with Crippen LogP contribution in [-0.4, -0.2) is 4.98 Å². The summed E-state index contributed by atoms with van der Waals surface area (Å²) < 4.78 is 0. The van der Waals surface area contributed by atoms with Crippen molar-refractivity contribution in [3.05, 3.63) is 66.0 Å². The number of pyridine rings is 1. The minimum absolute atomic E-state index is 0. The Bertz CT molecular complexity index is 353. The SMILES string of the molecule is Cl.Cl.c1ccc(CNCc2ccccn2)cc1. The van der Waals surface area contributed by atoms with Crippen LogP contribution in [0.4, 0.5) is 0 Å². The molecule has 1 heterocycles. The van der Waals surface area contributed by atoms with E-state index in [1.54, 1.807) is 0 Å². The Morgan fingerprint density at radius 3 is 2.18 bits per heavy atom. The lowest BCUT2D eigenvalue weighted by Gasteiger charge is -2.03. The van der Waals surface area contributed by atoms with Crippen molar-refractivity contribution in [2.24, 2.45) is 0 Å². The molecule has 2 nitrogen and oxygen atoms in total. The van der Waals surface area contributed by atoms with Crippen LogP contribution >= 0.6 is 24.8 Å². The van der Waals surface area contributed by atoms with Crippen molar-refractivity contribution in [2.45, 2.75) is 13.1 Å². The van der Waals surface area contributed by atoms with Crippen LogP contribution in [0.5, 0.6) is 0 Å².